The van der Waals surface area contributed by atoms with E-state index < -0.39 is 6.10 Å². The summed E-state index contributed by atoms with van der Waals surface area (Å²) in [7, 11) is 0. The van der Waals surface area contributed by atoms with Crippen LogP contribution in [0, 0.1) is 5.82 Å². The van der Waals surface area contributed by atoms with E-state index in [-0.39, 0.29) is 11.9 Å². The summed E-state index contributed by atoms with van der Waals surface area (Å²) in [4.78, 5) is 0. The van der Waals surface area contributed by atoms with Crippen molar-refractivity contribution in [2.75, 3.05) is 6.61 Å². The van der Waals surface area contributed by atoms with E-state index >= 15 is 0 Å². The first-order chi connectivity index (χ1) is 8.16. The molecule has 1 fully saturated rings. The quantitative estimate of drug-likeness (QED) is 0.930. The van der Waals surface area contributed by atoms with Crippen LogP contribution in [0.3, 0.4) is 0 Å². The van der Waals surface area contributed by atoms with Crippen molar-refractivity contribution >= 4 is 15.9 Å². The molecule has 1 aliphatic heterocycles. The van der Waals surface area contributed by atoms with Gasteiger partial charge in [-0.2, -0.15) is 0 Å². The highest BCUT2D eigenvalue weighted by molar-refractivity contribution is 9.10. The average Bonchev–Trinajstić information content (AvgIpc) is 2.34. The topological polar surface area (TPSA) is 29.5 Å². The molecule has 0 spiro atoms. The first-order valence-corrected chi connectivity index (χ1v) is 6.69. The molecule has 1 aromatic carbocycles. The summed E-state index contributed by atoms with van der Waals surface area (Å²) in [6.07, 6.45) is 2.97. The molecule has 0 radical (unpaired) electrons. The van der Waals surface area contributed by atoms with Crippen LogP contribution in [0.2, 0.25) is 0 Å². The highest BCUT2D eigenvalue weighted by atomic mass is 79.9. The van der Waals surface area contributed by atoms with Crippen LogP contribution in [0.5, 0.6) is 0 Å². The van der Waals surface area contributed by atoms with E-state index in [1.165, 1.54) is 12.1 Å². The Balaban J connectivity index is 1.99. The van der Waals surface area contributed by atoms with E-state index in [1.807, 2.05) is 0 Å². The number of halogens is 2. The zero-order valence-corrected chi connectivity index (χ0v) is 11.1. The average molecular weight is 303 g/mol. The summed E-state index contributed by atoms with van der Waals surface area (Å²) in [6, 6.07) is 4.53. The van der Waals surface area contributed by atoms with Crippen LogP contribution in [-0.4, -0.2) is 23.9 Å². The van der Waals surface area contributed by atoms with Crippen molar-refractivity contribution in [3.8, 4) is 0 Å². The summed E-state index contributed by atoms with van der Waals surface area (Å²) in [6.45, 7) is 0.728. The SMILES string of the molecule is OC(Cc1ccc(F)cc1Br)C1CCCCO1. The smallest absolute Gasteiger partial charge is 0.124 e. The van der Waals surface area contributed by atoms with Crippen LogP contribution in [0.25, 0.3) is 0 Å². The largest absolute Gasteiger partial charge is 0.390 e. The predicted molar refractivity (Wildman–Crippen MR) is 67.4 cm³/mol. The minimum atomic E-state index is -0.517. The molecule has 1 N–H and O–H groups in total. The maximum absolute atomic E-state index is 12.9. The number of ether oxygens (including phenoxy) is 1. The summed E-state index contributed by atoms with van der Waals surface area (Å²) < 4.78 is 19.2. The Kier molecular flexibility index (Phi) is 4.54. The summed E-state index contributed by atoms with van der Waals surface area (Å²) in [5.74, 6) is -0.274. The number of hydrogen-bond donors (Lipinski definition) is 1. The van der Waals surface area contributed by atoms with Crippen LogP contribution in [0.4, 0.5) is 4.39 Å². The molecule has 1 aliphatic rings. The van der Waals surface area contributed by atoms with Gasteiger partial charge in [-0.1, -0.05) is 22.0 Å². The molecule has 2 nitrogen and oxygen atoms in total. The van der Waals surface area contributed by atoms with E-state index in [0.717, 1.165) is 31.4 Å². The lowest BCUT2D eigenvalue weighted by molar-refractivity contribution is -0.0611. The van der Waals surface area contributed by atoms with Crippen molar-refractivity contribution in [2.24, 2.45) is 0 Å². The Hall–Kier alpha value is -0.450. The lowest BCUT2D eigenvalue weighted by Gasteiger charge is -2.27. The highest BCUT2D eigenvalue weighted by Gasteiger charge is 2.23. The highest BCUT2D eigenvalue weighted by Crippen LogP contribution is 2.23. The Bertz CT molecular complexity index is 378. The molecule has 2 unspecified atom stereocenters. The van der Waals surface area contributed by atoms with Gasteiger partial charge in [-0.05, 0) is 37.0 Å². The molecule has 2 atom stereocenters. The van der Waals surface area contributed by atoms with Crippen molar-refractivity contribution in [3.05, 3.63) is 34.1 Å². The van der Waals surface area contributed by atoms with Gasteiger partial charge in [-0.15, -0.1) is 0 Å². The van der Waals surface area contributed by atoms with Gasteiger partial charge in [-0.3, -0.25) is 0 Å². The van der Waals surface area contributed by atoms with E-state index in [4.69, 9.17) is 4.74 Å². The van der Waals surface area contributed by atoms with Crippen LogP contribution < -0.4 is 0 Å². The number of rotatable bonds is 3. The molecule has 1 heterocycles. The van der Waals surface area contributed by atoms with Gasteiger partial charge >= 0.3 is 0 Å². The fourth-order valence-electron chi connectivity index (χ4n) is 2.11. The normalized spacial score (nSPS) is 22.4. The van der Waals surface area contributed by atoms with Crippen LogP contribution in [-0.2, 0) is 11.2 Å². The zero-order chi connectivity index (χ0) is 12.3. The van der Waals surface area contributed by atoms with Gasteiger partial charge in [0.15, 0.2) is 0 Å². The molecular weight excluding hydrogens is 287 g/mol. The molecule has 0 aromatic heterocycles. The third kappa shape index (κ3) is 3.50. The maximum atomic E-state index is 12.9. The van der Waals surface area contributed by atoms with Crippen LogP contribution in [0.15, 0.2) is 22.7 Å². The molecule has 0 amide bonds. The molecular formula is C13H16BrFO2. The zero-order valence-electron chi connectivity index (χ0n) is 9.53. The standard InChI is InChI=1S/C13H16BrFO2/c14-11-8-10(15)5-4-9(11)7-12(16)13-3-1-2-6-17-13/h4-5,8,12-13,16H,1-3,6-7H2. The fraction of sp³-hybridized carbons (Fsp3) is 0.538. The predicted octanol–water partition coefficient (Wildman–Crippen LogP) is 3.06. The molecule has 2 rings (SSSR count). The van der Waals surface area contributed by atoms with Crippen LogP contribution >= 0.6 is 15.9 Å². The molecule has 0 saturated carbocycles. The maximum Gasteiger partial charge on any atom is 0.124 e. The molecule has 0 bridgehead atoms. The van der Waals surface area contributed by atoms with Gasteiger partial charge in [-0.25, -0.2) is 4.39 Å². The van der Waals surface area contributed by atoms with Crippen molar-refractivity contribution in [2.45, 2.75) is 37.9 Å². The summed E-state index contributed by atoms with van der Waals surface area (Å²) in [5.41, 5.74) is 0.910. The Morgan fingerprint density at radius 1 is 1.47 bits per heavy atom. The second kappa shape index (κ2) is 5.94. The second-order valence-corrected chi connectivity index (χ2v) is 5.27. The molecule has 1 aromatic rings. The van der Waals surface area contributed by atoms with Gasteiger partial charge in [0.1, 0.15) is 5.82 Å². The lowest BCUT2D eigenvalue weighted by Crippen LogP contribution is -2.33. The third-order valence-corrected chi connectivity index (χ3v) is 3.83. The first-order valence-electron chi connectivity index (χ1n) is 5.90. The summed E-state index contributed by atoms with van der Waals surface area (Å²) >= 11 is 3.31. The monoisotopic (exact) mass is 302 g/mol. The van der Waals surface area contributed by atoms with Gasteiger partial charge in [0.2, 0.25) is 0 Å². The number of hydrogen-bond acceptors (Lipinski definition) is 2. The van der Waals surface area contributed by atoms with Crippen molar-refractivity contribution in [3.63, 3.8) is 0 Å². The number of aliphatic hydroxyl groups is 1. The van der Waals surface area contributed by atoms with Gasteiger partial charge in [0, 0.05) is 17.5 Å². The minimum Gasteiger partial charge on any atom is -0.390 e. The third-order valence-electron chi connectivity index (χ3n) is 3.09. The van der Waals surface area contributed by atoms with Gasteiger partial charge in [0.25, 0.3) is 0 Å². The second-order valence-electron chi connectivity index (χ2n) is 4.41. The van der Waals surface area contributed by atoms with Crippen molar-refractivity contribution < 1.29 is 14.2 Å². The minimum absolute atomic E-state index is 0.0827. The van der Waals surface area contributed by atoms with E-state index in [1.54, 1.807) is 6.07 Å². The van der Waals surface area contributed by atoms with Crippen molar-refractivity contribution in [1.29, 1.82) is 0 Å². The molecule has 0 aliphatic carbocycles. The van der Waals surface area contributed by atoms with E-state index in [9.17, 15) is 9.50 Å². The first kappa shape index (κ1) is 13.0. The Labute approximate surface area is 109 Å². The Morgan fingerprint density at radius 3 is 2.94 bits per heavy atom. The van der Waals surface area contributed by atoms with E-state index in [2.05, 4.69) is 15.9 Å². The van der Waals surface area contributed by atoms with E-state index in [0.29, 0.717) is 10.9 Å². The van der Waals surface area contributed by atoms with Crippen LogP contribution in [0.1, 0.15) is 24.8 Å². The van der Waals surface area contributed by atoms with Gasteiger partial charge < -0.3 is 9.84 Å². The molecule has 17 heavy (non-hydrogen) atoms. The number of aliphatic hydroxyl groups excluding tert-OH is 1. The molecule has 94 valence electrons. The van der Waals surface area contributed by atoms with Crippen molar-refractivity contribution in [1.82, 2.24) is 0 Å². The number of benzene rings is 1. The Morgan fingerprint density at radius 2 is 2.29 bits per heavy atom. The fourth-order valence-corrected chi connectivity index (χ4v) is 2.63. The van der Waals surface area contributed by atoms with Gasteiger partial charge in [0.05, 0.1) is 12.2 Å². The summed E-state index contributed by atoms with van der Waals surface area (Å²) in [5, 5.41) is 10.1. The lowest BCUT2D eigenvalue weighted by atomic mass is 9.98. The molecule has 1 saturated heterocycles. The molecule has 4 heteroatoms.